The van der Waals surface area contributed by atoms with Crippen molar-refractivity contribution in [1.82, 2.24) is 15.1 Å². The van der Waals surface area contributed by atoms with Crippen LogP contribution in [0, 0.1) is 0 Å². The summed E-state index contributed by atoms with van der Waals surface area (Å²) in [6, 6.07) is 2.00. The molecular formula is C19H29N3O2S. The Labute approximate surface area is 154 Å². The summed E-state index contributed by atoms with van der Waals surface area (Å²) in [6.45, 7) is 5.62. The van der Waals surface area contributed by atoms with Crippen LogP contribution in [0.25, 0.3) is 0 Å². The highest BCUT2D eigenvalue weighted by Gasteiger charge is 2.29. The molecule has 3 heterocycles. The molecule has 2 saturated heterocycles. The van der Waals surface area contributed by atoms with Gasteiger partial charge in [0.1, 0.15) is 0 Å². The number of thiophene rings is 1. The van der Waals surface area contributed by atoms with E-state index >= 15 is 0 Å². The molecule has 0 saturated carbocycles. The minimum Gasteiger partial charge on any atom is -0.349 e. The molecule has 5 nitrogen and oxygen atoms in total. The summed E-state index contributed by atoms with van der Waals surface area (Å²) in [5, 5.41) is 6.89. The van der Waals surface area contributed by atoms with Gasteiger partial charge in [-0.25, -0.2) is 0 Å². The minimum absolute atomic E-state index is 0.00367. The molecule has 3 rings (SSSR count). The number of nitrogens with one attached hydrogen (secondary N) is 1. The van der Waals surface area contributed by atoms with Crippen molar-refractivity contribution < 1.29 is 9.59 Å². The third-order valence-corrected chi connectivity index (χ3v) is 6.15. The Kier molecular flexibility index (Phi) is 6.48. The average Bonchev–Trinajstić information content (AvgIpc) is 3.04. The fraction of sp³-hybridized carbons (Fsp3) is 0.684. The maximum atomic E-state index is 12.8. The van der Waals surface area contributed by atoms with Crippen LogP contribution in [0.15, 0.2) is 16.8 Å². The Balaban J connectivity index is 1.46. The number of nitrogens with zero attached hydrogens (tertiary/aromatic N) is 2. The van der Waals surface area contributed by atoms with Gasteiger partial charge in [-0.3, -0.25) is 14.5 Å². The molecule has 1 aromatic heterocycles. The van der Waals surface area contributed by atoms with Crippen LogP contribution in [-0.4, -0.2) is 59.9 Å². The number of carbonyl (C=O) groups excluding carboxylic acids is 2. The molecule has 1 aromatic rings. The molecule has 0 aliphatic carbocycles. The number of likely N-dealkylation sites (tertiary alicyclic amines) is 2. The molecule has 1 N–H and O–H groups in total. The average molecular weight is 364 g/mol. The van der Waals surface area contributed by atoms with Gasteiger partial charge in [-0.15, -0.1) is 0 Å². The molecule has 2 aliphatic heterocycles. The van der Waals surface area contributed by atoms with E-state index in [0.717, 1.165) is 44.6 Å². The summed E-state index contributed by atoms with van der Waals surface area (Å²) in [5.41, 5.74) is 0.735. The molecule has 2 fully saturated rings. The van der Waals surface area contributed by atoms with Crippen molar-refractivity contribution in [1.29, 1.82) is 0 Å². The minimum atomic E-state index is -0.0185. The summed E-state index contributed by atoms with van der Waals surface area (Å²) < 4.78 is 0. The van der Waals surface area contributed by atoms with E-state index in [1.165, 1.54) is 37.0 Å². The molecule has 0 radical (unpaired) electrons. The molecule has 138 valence electrons. The second-order valence-electron chi connectivity index (χ2n) is 7.21. The number of rotatable bonds is 4. The van der Waals surface area contributed by atoms with Gasteiger partial charge in [0.15, 0.2) is 0 Å². The van der Waals surface area contributed by atoms with Gasteiger partial charge in [-0.05, 0) is 57.1 Å². The van der Waals surface area contributed by atoms with Gasteiger partial charge in [0.25, 0.3) is 5.91 Å². The molecule has 1 unspecified atom stereocenters. The summed E-state index contributed by atoms with van der Waals surface area (Å²) >= 11 is 1.53. The van der Waals surface area contributed by atoms with Crippen LogP contribution in [0.2, 0.25) is 0 Å². The van der Waals surface area contributed by atoms with Crippen molar-refractivity contribution >= 4 is 23.2 Å². The predicted molar refractivity (Wildman–Crippen MR) is 101 cm³/mol. The number of amides is 2. The normalized spacial score (nSPS) is 21.6. The monoisotopic (exact) mass is 363 g/mol. The third-order valence-electron chi connectivity index (χ3n) is 5.47. The van der Waals surface area contributed by atoms with Crippen LogP contribution in [0.1, 0.15) is 55.8 Å². The molecule has 0 spiro atoms. The largest absolute Gasteiger partial charge is 0.349 e. The molecule has 0 bridgehead atoms. The van der Waals surface area contributed by atoms with E-state index in [1.807, 2.05) is 21.7 Å². The van der Waals surface area contributed by atoms with Gasteiger partial charge in [0.05, 0.1) is 6.04 Å². The summed E-state index contributed by atoms with van der Waals surface area (Å²) in [7, 11) is 0. The lowest BCUT2D eigenvalue weighted by Gasteiger charge is -2.36. The summed E-state index contributed by atoms with van der Waals surface area (Å²) in [6.07, 6.45) is 6.66. The fourth-order valence-electron chi connectivity index (χ4n) is 3.81. The Hall–Kier alpha value is -1.40. The maximum absolute atomic E-state index is 12.8. The van der Waals surface area contributed by atoms with Crippen molar-refractivity contribution in [2.45, 2.75) is 57.5 Å². The van der Waals surface area contributed by atoms with Gasteiger partial charge >= 0.3 is 0 Å². The topological polar surface area (TPSA) is 52.7 Å². The van der Waals surface area contributed by atoms with Crippen molar-refractivity contribution in [3.8, 4) is 0 Å². The van der Waals surface area contributed by atoms with Crippen molar-refractivity contribution in [3.05, 3.63) is 22.4 Å². The van der Waals surface area contributed by atoms with Gasteiger partial charge in [0.2, 0.25) is 5.91 Å². The fourth-order valence-corrected chi connectivity index (χ4v) is 4.45. The number of piperidine rings is 1. The van der Waals surface area contributed by atoms with Crippen molar-refractivity contribution in [2.24, 2.45) is 0 Å². The number of hydrogen-bond acceptors (Lipinski definition) is 4. The van der Waals surface area contributed by atoms with E-state index in [0.29, 0.717) is 0 Å². The molecule has 6 heteroatoms. The second kappa shape index (κ2) is 8.81. The van der Waals surface area contributed by atoms with E-state index in [-0.39, 0.29) is 23.9 Å². The highest BCUT2D eigenvalue weighted by molar-refractivity contribution is 7.08. The zero-order valence-electron chi connectivity index (χ0n) is 15.1. The van der Waals surface area contributed by atoms with E-state index in [1.54, 1.807) is 0 Å². The summed E-state index contributed by atoms with van der Waals surface area (Å²) in [4.78, 5) is 29.3. The highest BCUT2D eigenvalue weighted by Crippen LogP contribution is 2.17. The van der Waals surface area contributed by atoms with Gasteiger partial charge in [-0.1, -0.05) is 12.8 Å². The van der Waals surface area contributed by atoms with E-state index in [4.69, 9.17) is 0 Å². The van der Waals surface area contributed by atoms with E-state index in [2.05, 4.69) is 17.1 Å². The van der Waals surface area contributed by atoms with Gasteiger partial charge in [-0.2, -0.15) is 11.3 Å². The number of carbonyl (C=O) groups is 2. The Morgan fingerprint density at radius 1 is 1.12 bits per heavy atom. The number of hydrogen-bond donors (Lipinski definition) is 1. The lowest BCUT2D eigenvalue weighted by Crippen LogP contribution is -2.52. The molecule has 2 amide bonds. The second-order valence-corrected chi connectivity index (χ2v) is 7.99. The van der Waals surface area contributed by atoms with Crippen LogP contribution in [0.5, 0.6) is 0 Å². The molecule has 0 aromatic carbocycles. The molecular weight excluding hydrogens is 334 g/mol. The highest BCUT2D eigenvalue weighted by atomic mass is 32.1. The first-order valence-electron chi connectivity index (χ1n) is 9.51. The van der Waals surface area contributed by atoms with E-state index < -0.39 is 0 Å². The SMILES string of the molecule is CC(C(=O)N1CCC(NC(=O)c2ccsc2)CC1)N1CCCCCC1. The summed E-state index contributed by atoms with van der Waals surface area (Å²) in [5.74, 6) is 0.258. The van der Waals surface area contributed by atoms with Crippen LogP contribution < -0.4 is 5.32 Å². The molecule has 1 atom stereocenters. The van der Waals surface area contributed by atoms with Crippen LogP contribution >= 0.6 is 11.3 Å². The smallest absolute Gasteiger partial charge is 0.252 e. The van der Waals surface area contributed by atoms with Crippen LogP contribution in [0.3, 0.4) is 0 Å². The third kappa shape index (κ3) is 4.82. The van der Waals surface area contributed by atoms with Gasteiger partial charge < -0.3 is 10.2 Å². The predicted octanol–water partition coefficient (Wildman–Crippen LogP) is 2.73. The molecule has 2 aliphatic rings. The molecule has 25 heavy (non-hydrogen) atoms. The Bertz CT molecular complexity index is 559. The van der Waals surface area contributed by atoms with Crippen molar-refractivity contribution in [3.63, 3.8) is 0 Å². The zero-order chi connectivity index (χ0) is 17.6. The maximum Gasteiger partial charge on any atom is 0.252 e. The Morgan fingerprint density at radius 3 is 2.40 bits per heavy atom. The van der Waals surface area contributed by atoms with Crippen LogP contribution in [0.4, 0.5) is 0 Å². The Morgan fingerprint density at radius 2 is 1.80 bits per heavy atom. The quantitative estimate of drug-likeness (QED) is 0.895. The zero-order valence-corrected chi connectivity index (χ0v) is 15.9. The first kappa shape index (κ1) is 18.4. The van der Waals surface area contributed by atoms with Crippen LogP contribution in [-0.2, 0) is 4.79 Å². The first-order chi connectivity index (χ1) is 12.1. The standard InChI is InChI=1S/C19H29N3O2S/c1-15(21-9-4-2-3-5-10-21)19(24)22-11-6-17(7-12-22)20-18(23)16-8-13-25-14-16/h8,13-15,17H,2-7,9-12H2,1H3,(H,20,23). The van der Waals surface area contributed by atoms with Crippen molar-refractivity contribution in [2.75, 3.05) is 26.2 Å². The van der Waals surface area contributed by atoms with E-state index in [9.17, 15) is 9.59 Å². The lowest BCUT2D eigenvalue weighted by atomic mass is 10.0. The van der Waals surface area contributed by atoms with Gasteiger partial charge in [0, 0.05) is 30.1 Å². The first-order valence-corrected chi connectivity index (χ1v) is 10.5. The lowest BCUT2D eigenvalue weighted by molar-refractivity contribution is -0.137.